The first-order valence-corrected chi connectivity index (χ1v) is 24.7. The highest BCUT2D eigenvalue weighted by Crippen LogP contribution is 2.68. The van der Waals surface area contributed by atoms with Crippen LogP contribution in [0.4, 0.5) is 5.69 Å². The maximum absolute atomic E-state index is 13.5. The van der Waals surface area contributed by atoms with E-state index in [1.165, 1.54) is 11.1 Å². The van der Waals surface area contributed by atoms with E-state index in [9.17, 15) is 5.11 Å². The van der Waals surface area contributed by atoms with Crippen LogP contribution < -0.4 is 9.58 Å². The quantitative estimate of drug-likeness (QED) is 0.122. The number of fused-ring (bicyclic) bond motifs is 5. The molecular formula is C60H62N3O3+. The topological polar surface area (TPSA) is 58.2 Å². The summed E-state index contributed by atoms with van der Waals surface area (Å²) in [5.74, 6) is 1.26. The molecule has 3 heterocycles. The van der Waals surface area contributed by atoms with Crippen molar-refractivity contribution in [2.24, 2.45) is 33.7 Å². The van der Waals surface area contributed by atoms with Gasteiger partial charge in [0.05, 0.1) is 30.7 Å². The summed E-state index contributed by atoms with van der Waals surface area (Å²) in [6.45, 7) is 6.96. The standard InChI is InChI=1S/C60H62N3O3/c1-57-33-34-60(65-35-36-66-60)40-48(57)25-28-50-51(57)29-31-58(2)52(50)30-32-59(58,64)41-62-54(44-17-9-4-10-18-44)37-47(38-55(62)45-19-11-5-12-20-45)42-23-26-49(27-24-42)63-56(46-21-13-6-14-22-46)39-53(61-63)43-15-7-3-8-16-43/h3-27,37-38,50-52,56,64H,28-36,39-41H2,1-2H3/q+1. The van der Waals surface area contributed by atoms with Crippen molar-refractivity contribution in [2.45, 2.75) is 95.6 Å². The molecule has 0 bridgehead atoms. The van der Waals surface area contributed by atoms with Crippen molar-refractivity contribution in [2.75, 3.05) is 18.2 Å². The largest absolute Gasteiger partial charge is 0.383 e. The second-order valence-corrected chi connectivity index (χ2v) is 20.8. The fourth-order valence-corrected chi connectivity index (χ4v) is 13.9. The third-order valence-electron chi connectivity index (χ3n) is 17.6. The van der Waals surface area contributed by atoms with E-state index in [-0.39, 0.29) is 16.9 Å². The molecule has 334 valence electrons. The van der Waals surface area contributed by atoms with Gasteiger partial charge in [-0.05, 0) is 120 Å². The molecule has 3 saturated carbocycles. The molecule has 6 nitrogen and oxygen atoms in total. The van der Waals surface area contributed by atoms with Gasteiger partial charge in [-0.25, -0.2) is 0 Å². The number of aliphatic hydroxyl groups is 1. The Morgan fingerprint density at radius 1 is 0.636 bits per heavy atom. The van der Waals surface area contributed by atoms with Gasteiger partial charge >= 0.3 is 0 Å². The first kappa shape index (κ1) is 41.7. The third kappa shape index (κ3) is 6.93. The zero-order valence-corrected chi connectivity index (χ0v) is 38.5. The molecular weight excluding hydrogens is 811 g/mol. The first-order chi connectivity index (χ1) is 32.2. The highest BCUT2D eigenvalue weighted by atomic mass is 16.7. The number of allylic oxidation sites excluding steroid dienone is 1. The molecule has 1 aromatic heterocycles. The van der Waals surface area contributed by atoms with Gasteiger partial charge in [-0.1, -0.05) is 135 Å². The molecule has 5 aromatic carbocycles. The average molecular weight is 873 g/mol. The van der Waals surface area contributed by atoms with E-state index < -0.39 is 11.4 Å². The lowest BCUT2D eigenvalue weighted by Crippen LogP contribution is -2.60. The Balaban J connectivity index is 0.904. The lowest BCUT2D eigenvalue weighted by molar-refractivity contribution is -0.692. The van der Waals surface area contributed by atoms with E-state index in [1.807, 2.05) is 0 Å². The minimum absolute atomic E-state index is 0.104. The first-order valence-electron chi connectivity index (χ1n) is 24.7. The molecule has 6 aliphatic rings. The number of pyridine rings is 1. The minimum atomic E-state index is -0.874. The summed E-state index contributed by atoms with van der Waals surface area (Å²) in [4.78, 5) is 0. The van der Waals surface area contributed by atoms with Crippen LogP contribution in [0.3, 0.4) is 0 Å². The number of hydrazone groups is 1. The van der Waals surface area contributed by atoms with E-state index in [4.69, 9.17) is 14.6 Å². The van der Waals surface area contributed by atoms with E-state index in [0.29, 0.717) is 37.5 Å². The van der Waals surface area contributed by atoms with Crippen molar-refractivity contribution in [3.8, 4) is 33.6 Å². The third-order valence-corrected chi connectivity index (χ3v) is 17.6. The Labute approximate surface area is 390 Å². The maximum Gasteiger partial charge on any atom is 0.213 e. The summed E-state index contributed by atoms with van der Waals surface area (Å²) in [6, 6.07) is 56.8. The van der Waals surface area contributed by atoms with Crippen LogP contribution >= 0.6 is 0 Å². The molecule has 2 aliphatic heterocycles. The monoisotopic (exact) mass is 872 g/mol. The summed E-state index contributed by atoms with van der Waals surface area (Å²) in [5.41, 5.74) is 12.1. The Kier molecular flexibility index (Phi) is 10.3. The highest BCUT2D eigenvalue weighted by molar-refractivity contribution is 6.03. The van der Waals surface area contributed by atoms with Crippen molar-refractivity contribution in [1.29, 1.82) is 0 Å². The molecule has 12 rings (SSSR count). The number of anilines is 1. The SMILES string of the molecule is CC12CCC3(CC1=CCC1C2CCC2(C)C1CCC2(O)C[n+]1c(-c2ccccc2)cc(-c2ccc(N4N=C(c5ccccc5)CC4c4ccccc4)cc2)cc1-c1ccccc1)OCCO3. The van der Waals surface area contributed by atoms with E-state index in [0.717, 1.165) is 103 Å². The number of hydrogen-bond acceptors (Lipinski definition) is 5. The molecule has 66 heavy (non-hydrogen) atoms. The summed E-state index contributed by atoms with van der Waals surface area (Å²) in [5, 5.41) is 21.0. The molecule has 6 heteroatoms. The maximum atomic E-state index is 13.5. The van der Waals surface area contributed by atoms with Gasteiger partial charge in [0.25, 0.3) is 0 Å². The number of nitrogens with zero attached hydrogens (tertiary/aromatic N) is 3. The summed E-state index contributed by atoms with van der Waals surface area (Å²) < 4.78 is 15.0. The molecule has 0 amide bonds. The Morgan fingerprint density at radius 2 is 1.23 bits per heavy atom. The fourth-order valence-electron chi connectivity index (χ4n) is 13.9. The van der Waals surface area contributed by atoms with Gasteiger partial charge in [0.1, 0.15) is 5.60 Å². The van der Waals surface area contributed by atoms with Crippen molar-refractivity contribution in [1.82, 2.24) is 0 Å². The average Bonchev–Trinajstić information content (AvgIpc) is 4.09. The van der Waals surface area contributed by atoms with Crippen LogP contribution in [-0.2, 0) is 16.0 Å². The van der Waals surface area contributed by atoms with Crippen LogP contribution in [0.5, 0.6) is 0 Å². The second kappa shape index (κ2) is 16.3. The second-order valence-electron chi connectivity index (χ2n) is 20.8. The van der Waals surface area contributed by atoms with Gasteiger partial charge in [0, 0.05) is 47.9 Å². The number of ether oxygens (including phenoxy) is 2. The smallest absolute Gasteiger partial charge is 0.213 e. The molecule has 1 N–H and O–H groups in total. The van der Waals surface area contributed by atoms with Crippen LogP contribution in [0.25, 0.3) is 33.6 Å². The normalized spacial score (nSPS) is 29.8. The van der Waals surface area contributed by atoms with Gasteiger partial charge in [-0.3, -0.25) is 5.01 Å². The summed E-state index contributed by atoms with van der Waals surface area (Å²) >= 11 is 0. The predicted octanol–water partition coefficient (Wildman–Crippen LogP) is 12.8. The molecule has 4 fully saturated rings. The van der Waals surface area contributed by atoms with Crippen LogP contribution in [0.15, 0.2) is 174 Å². The molecule has 7 unspecified atom stereocenters. The Hall–Kier alpha value is -5.66. The summed E-state index contributed by atoms with van der Waals surface area (Å²) in [6.07, 6.45) is 11.6. The fraction of sp³-hybridized carbons (Fsp3) is 0.367. The molecule has 0 radical (unpaired) electrons. The predicted molar refractivity (Wildman–Crippen MR) is 263 cm³/mol. The zero-order valence-electron chi connectivity index (χ0n) is 38.5. The number of hydrogen-bond donors (Lipinski definition) is 1. The minimum Gasteiger partial charge on any atom is -0.383 e. The lowest BCUT2D eigenvalue weighted by Gasteiger charge is -2.59. The van der Waals surface area contributed by atoms with Crippen LogP contribution in [0.1, 0.15) is 88.8 Å². The molecule has 4 aliphatic carbocycles. The Bertz CT molecular complexity index is 2730. The lowest BCUT2D eigenvalue weighted by atomic mass is 9.46. The highest BCUT2D eigenvalue weighted by Gasteiger charge is 2.66. The van der Waals surface area contributed by atoms with Crippen molar-refractivity contribution < 1.29 is 19.1 Å². The van der Waals surface area contributed by atoms with Crippen LogP contribution in [0.2, 0.25) is 0 Å². The van der Waals surface area contributed by atoms with Crippen LogP contribution in [0, 0.1) is 28.6 Å². The van der Waals surface area contributed by atoms with Crippen molar-refractivity contribution in [3.05, 3.63) is 181 Å². The van der Waals surface area contributed by atoms with Gasteiger partial charge in [0.2, 0.25) is 11.4 Å². The van der Waals surface area contributed by atoms with E-state index in [1.54, 1.807) is 5.57 Å². The van der Waals surface area contributed by atoms with Gasteiger partial charge in [-0.2, -0.15) is 9.67 Å². The van der Waals surface area contributed by atoms with E-state index >= 15 is 0 Å². The molecule has 7 atom stereocenters. The number of benzene rings is 5. The van der Waals surface area contributed by atoms with Crippen LogP contribution in [-0.4, -0.2) is 35.4 Å². The zero-order chi connectivity index (χ0) is 44.5. The van der Waals surface area contributed by atoms with Gasteiger partial charge in [-0.15, -0.1) is 0 Å². The molecule has 6 aromatic rings. The summed E-state index contributed by atoms with van der Waals surface area (Å²) in [7, 11) is 0. The molecule has 1 spiro atoms. The number of aromatic nitrogens is 1. The Morgan fingerprint density at radius 3 is 1.86 bits per heavy atom. The van der Waals surface area contributed by atoms with Crippen molar-refractivity contribution >= 4 is 11.4 Å². The van der Waals surface area contributed by atoms with Gasteiger partial charge in [0.15, 0.2) is 12.3 Å². The van der Waals surface area contributed by atoms with E-state index in [2.05, 4.69) is 187 Å². The molecule has 1 saturated heterocycles. The number of rotatable bonds is 8. The van der Waals surface area contributed by atoms with Crippen molar-refractivity contribution in [3.63, 3.8) is 0 Å². The van der Waals surface area contributed by atoms with Gasteiger partial charge < -0.3 is 14.6 Å².